The summed E-state index contributed by atoms with van der Waals surface area (Å²) in [5, 5.41) is 21.8. The van der Waals surface area contributed by atoms with E-state index in [1.807, 2.05) is 0 Å². The number of amidine groups is 1. The molecule has 0 spiro atoms. The summed E-state index contributed by atoms with van der Waals surface area (Å²) in [4.78, 5) is 14.2. The molecule has 0 aliphatic carbocycles. The third-order valence-electron chi connectivity index (χ3n) is 1.72. The lowest BCUT2D eigenvalue weighted by Crippen LogP contribution is -2.12. The van der Waals surface area contributed by atoms with Gasteiger partial charge in [-0.3, -0.25) is 15.4 Å². The van der Waals surface area contributed by atoms with Gasteiger partial charge in [0.1, 0.15) is 0 Å². The predicted molar refractivity (Wildman–Crippen MR) is 70.2 cm³/mol. The van der Waals surface area contributed by atoms with Gasteiger partial charge >= 0.3 is 0 Å². The van der Waals surface area contributed by atoms with Crippen molar-refractivity contribution in [3.05, 3.63) is 32.8 Å². The third-order valence-corrected chi connectivity index (χ3v) is 2.94. The van der Waals surface area contributed by atoms with Crippen LogP contribution < -0.4 is 5.32 Å². The molecule has 0 aliphatic heterocycles. The van der Waals surface area contributed by atoms with Crippen LogP contribution in [0, 0.1) is 21.6 Å². The van der Waals surface area contributed by atoms with Crippen LogP contribution in [0.25, 0.3) is 0 Å². The number of hydrogen-bond acceptors (Lipinski definition) is 5. The lowest BCUT2D eigenvalue weighted by Gasteiger charge is -2.01. The van der Waals surface area contributed by atoms with Crippen molar-refractivity contribution in [2.45, 2.75) is 0 Å². The van der Waals surface area contributed by atoms with Crippen molar-refractivity contribution >= 4 is 44.2 Å². The predicted octanol–water partition coefficient (Wildman–Crippen LogP) is 2.78. The second-order valence-corrected chi connectivity index (χ2v) is 4.40. The summed E-state index contributed by atoms with van der Waals surface area (Å²) in [6.45, 7) is 0. The van der Waals surface area contributed by atoms with Crippen LogP contribution in [-0.4, -0.2) is 16.3 Å². The van der Waals surface area contributed by atoms with Gasteiger partial charge in [-0.05, 0) is 28.3 Å². The first kappa shape index (κ1) is 13.5. The summed E-state index contributed by atoms with van der Waals surface area (Å²) in [6.07, 6.45) is 3.53. The van der Waals surface area contributed by atoms with Crippen molar-refractivity contribution in [2.24, 2.45) is 4.99 Å². The van der Waals surface area contributed by atoms with Gasteiger partial charge in [0.15, 0.2) is 11.4 Å². The van der Waals surface area contributed by atoms with Crippen molar-refractivity contribution in [1.29, 1.82) is 5.26 Å². The molecular formula is C9H7BrN4O2S. The number of non-ortho nitro benzene ring substituents is 1. The molecule has 0 atom stereocenters. The van der Waals surface area contributed by atoms with Gasteiger partial charge in [-0.2, -0.15) is 5.26 Å². The molecule has 8 heteroatoms. The van der Waals surface area contributed by atoms with Crippen molar-refractivity contribution < 1.29 is 4.92 Å². The fraction of sp³-hybridized carbons (Fsp3) is 0.111. The lowest BCUT2D eigenvalue weighted by atomic mass is 10.3. The molecule has 88 valence electrons. The highest BCUT2D eigenvalue weighted by Gasteiger charge is 2.09. The van der Waals surface area contributed by atoms with Gasteiger partial charge in [0.2, 0.25) is 0 Å². The third kappa shape index (κ3) is 3.72. The second kappa shape index (κ2) is 6.22. The highest BCUT2D eigenvalue weighted by Crippen LogP contribution is 2.29. The Labute approximate surface area is 110 Å². The van der Waals surface area contributed by atoms with Crippen LogP contribution in [0.2, 0.25) is 0 Å². The van der Waals surface area contributed by atoms with Crippen LogP contribution in [0.15, 0.2) is 27.7 Å². The summed E-state index contributed by atoms with van der Waals surface area (Å²) in [5.74, 6) is 0. The van der Waals surface area contributed by atoms with E-state index in [1.54, 1.807) is 12.4 Å². The largest absolute Gasteiger partial charge is 0.271 e. The Bertz CT molecular complexity index is 512. The van der Waals surface area contributed by atoms with E-state index in [0.717, 1.165) is 0 Å². The molecule has 1 aromatic rings. The molecule has 0 bridgehead atoms. The molecule has 0 unspecified atom stereocenters. The molecule has 0 aromatic heterocycles. The molecule has 0 saturated heterocycles. The van der Waals surface area contributed by atoms with Gasteiger partial charge in [-0.1, -0.05) is 11.8 Å². The topological polar surface area (TPSA) is 91.3 Å². The van der Waals surface area contributed by atoms with Crippen molar-refractivity contribution in [1.82, 2.24) is 5.32 Å². The molecule has 1 N–H and O–H groups in total. The zero-order chi connectivity index (χ0) is 12.8. The van der Waals surface area contributed by atoms with Gasteiger partial charge in [0.05, 0.1) is 15.1 Å². The van der Waals surface area contributed by atoms with E-state index in [1.165, 1.54) is 30.0 Å². The van der Waals surface area contributed by atoms with Gasteiger partial charge in [0, 0.05) is 12.1 Å². The Morgan fingerprint density at radius 1 is 1.71 bits per heavy atom. The number of hydrogen-bond donors (Lipinski definition) is 1. The van der Waals surface area contributed by atoms with Crippen LogP contribution >= 0.6 is 27.7 Å². The van der Waals surface area contributed by atoms with Gasteiger partial charge in [-0.15, -0.1) is 0 Å². The van der Waals surface area contributed by atoms with Gasteiger partial charge in [-0.25, -0.2) is 4.99 Å². The van der Waals surface area contributed by atoms with E-state index in [0.29, 0.717) is 15.3 Å². The van der Waals surface area contributed by atoms with Crippen LogP contribution in [0.1, 0.15) is 0 Å². The number of nitriles is 1. The first-order chi connectivity index (χ1) is 8.08. The summed E-state index contributed by atoms with van der Waals surface area (Å²) in [7, 11) is 0. The van der Waals surface area contributed by atoms with Crippen molar-refractivity contribution in [3.63, 3.8) is 0 Å². The first-order valence-electron chi connectivity index (χ1n) is 4.30. The molecule has 0 radical (unpaired) electrons. The zero-order valence-electron chi connectivity index (χ0n) is 8.68. The van der Waals surface area contributed by atoms with Crippen LogP contribution in [0.5, 0.6) is 0 Å². The lowest BCUT2D eigenvalue weighted by molar-refractivity contribution is -0.384. The van der Waals surface area contributed by atoms with E-state index in [-0.39, 0.29) is 5.69 Å². The number of nitro benzene ring substituents is 1. The fourth-order valence-electron chi connectivity index (χ4n) is 0.982. The van der Waals surface area contributed by atoms with E-state index < -0.39 is 4.92 Å². The molecule has 6 nitrogen and oxygen atoms in total. The van der Waals surface area contributed by atoms with E-state index in [9.17, 15) is 10.1 Å². The fourth-order valence-corrected chi connectivity index (χ4v) is 1.77. The molecule has 17 heavy (non-hydrogen) atoms. The zero-order valence-corrected chi connectivity index (χ0v) is 11.1. The summed E-state index contributed by atoms with van der Waals surface area (Å²) in [5.41, 5.74) is 0.498. The average molecular weight is 315 g/mol. The number of benzene rings is 1. The summed E-state index contributed by atoms with van der Waals surface area (Å²) < 4.78 is 0.498. The SMILES string of the molecule is CSC(=Nc1ccc([N+](=O)[O-])cc1Br)NC#N. The summed E-state index contributed by atoms with van der Waals surface area (Å²) in [6, 6.07) is 4.23. The monoisotopic (exact) mass is 314 g/mol. The minimum atomic E-state index is -0.485. The smallest absolute Gasteiger partial charge is 0.270 e. The molecule has 0 saturated carbocycles. The Kier molecular flexibility index (Phi) is 4.93. The molecule has 1 rings (SSSR count). The Balaban J connectivity index is 3.08. The highest BCUT2D eigenvalue weighted by molar-refractivity contribution is 9.10. The molecule has 1 aromatic carbocycles. The minimum absolute atomic E-state index is 0.0187. The quantitative estimate of drug-likeness (QED) is 0.226. The second-order valence-electron chi connectivity index (χ2n) is 2.75. The summed E-state index contributed by atoms with van der Waals surface area (Å²) >= 11 is 4.46. The number of nitro groups is 1. The Hall–Kier alpha value is -1.59. The average Bonchev–Trinajstić information content (AvgIpc) is 2.30. The standard InChI is InChI=1S/C9H7BrN4O2S/c1-17-9(12-5-11)13-8-3-2-6(14(15)16)4-7(8)10/h2-4H,1H3,(H,12,13). The van der Waals surface area contributed by atoms with Crippen LogP contribution in [0.3, 0.4) is 0 Å². The van der Waals surface area contributed by atoms with Crippen LogP contribution in [0.4, 0.5) is 11.4 Å². The minimum Gasteiger partial charge on any atom is -0.271 e. The Morgan fingerprint density at radius 2 is 2.41 bits per heavy atom. The van der Waals surface area contributed by atoms with E-state index in [4.69, 9.17) is 5.26 Å². The van der Waals surface area contributed by atoms with Crippen molar-refractivity contribution in [3.8, 4) is 6.19 Å². The molecule has 0 aliphatic rings. The maximum Gasteiger partial charge on any atom is 0.270 e. The molecule has 0 fully saturated rings. The first-order valence-corrected chi connectivity index (χ1v) is 6.32. The van der Waals surface area contributed by atoms with E-state index in [2.05, 4.69) is 26.2 Å². The van der Waals surface area contributed by atoms with Crippen LogP contribution in [-0.2, 0) is 0 Å². The number of halogens is 1. The number of thioether (sulfide) groups is 1. The number of nitrogens with one attached hydrogen (secondary N) is 1. The van der Waals surface area contributed by atoms with Gasteiger partial charge in [0.25, 0.3) is 5.69 Å². The molecule has 0 heterocycles. The van der Waals surface area contributed by atoms with E-state index >= 15 is 0 Å². The number of nitrogens with zero attached hydrogens (tertiary/aromatic N) is 3. The highest BCUT2D eigenvalue weighted by atomic mass is 79.9. The number of rotatable bonds is 2. The normalized spacial score (nSPS) is 10.8. The van der Waals surface area contributed by atoms with Gasteiger partial charge < -0.3 is 0 Å². The van der Waals surface area contributed by atoms with Crippen molar-refractivity contribution in [2.75, 3.05) is 6.26 Å². The molecule has 0 amide bonds. The number of aliphatic imine (C=N–C) groups is 1. The maximum absolute atomic E-state index is 10.5. The Morgan fingerprint density at radius 3 is 2.88 bits per heavy atom. The maximum atomic E-state index is 10.5. The molecular weight excluding hydrogens is 308 g/mol.